The Bertz CT molecular complexity index is 1060. The summed E-state index contributed by atoms with van der Waals surface area (Å²) in [7, 11) is 0. The fourth-order valence-corrected chi connectivity index (χ4v) is 2.91. The van der Waals surface area contributed by atoms with Gasteiger partial charge in [0.15, 0.2) is 5.76 Å². The molecule has 0 atom stereocenters. The van der Waals surface area contributed by atoms with E-state index in [1.807, 2.05) is 0 Å². The molecule has 2 aromatic heterocycles. The van der Waals surface area contributed by atoms with E-state index in [0.717, 1.165) is 12.8 Å². The first-order valence-electron chi connectivity index (χ1n) is 8.80. The van der Waals surface area contributed by atoms with Gasteiger partial charge in [-0.3, -0.25) is 19.5 Å². The van der Waals surface area contributed by atoms with Gasteiger partial charge >= 0.3 is 5.69 Å². The molecule has 3 aromatic rings. The zero-order valence-electron chi connectivity index (χ0n) is 14.8. The maximum Gasteiger partial charge on any atom is 0.346 e. The van der Waals surface area contributed by atoms with Crippen LogP contribution in [-0.4, -0.2) is 31.7 Å². The summed E-state index contributed by atoms with van der Waals surface area (Å²) in [6.45, 7) is 0.389. The van der Waals surface area contributed by atoms with Crippen LogP contribution in [-0.2, 0) is 6.54 Å². The molecule has 0 radical (unpaired) electrons. The minimum atomic E-state index is -0.527. The van der Waals surface area contributed by atoms with E-state index >= 15 is 0 Å². The second-order valence-electron chi connectivity index (χ2n) is 6.47. The average molecular weight is 383 g/mol. The van der Waals surface area contributed by atoms with Gasteiger partial charge in [0.2, 0.25) is 5.82 Å². The Kier molecular flexibility index (Phi) is 4.52. The number of nitro groups is 1. The van der Waals surface area contributed by atoms with E-state index in [4.69, 9.17) is 4.42 Å². The first-order chi connectivity index (χ1) is 13.5. The third-order valence-corrected chi connectivity index (χ3v) is 4.47. The number of carbonyl (C=O) groups is 1. The normalized spacial score (nSPS) is 13.4. The van der Waals surface area contributed by atoms with Gasteiger partial charge in [0.05, 0.1) is 17.7 Å². The molecule has 144 valence electrons. The molecular weight excluding hydrogens is 366 g/mol. The van der Waals surface area contributed by atoms with Crippen LogP contribution in [0.4, 0.5) is 5.69 Å². The Labute approximate surface area is 158 Å². The number of nitrogens with one attached hydrogen (secondary N) is 1. The summed E-state index contributed by atoms with van der Waals surface area (Å²) in [5.74, 6) is 0.632. The average Bonchev–Trinajstić information content (AvgIpc) is 3.26. The number of carbonyl (C=O) groups excluding carboxylic acids is 1. The van der Waals surface area contributed by atoms with E-state index in [1.165, 1.54) is 35.2 Å². The lowest BCUT2D eigenvalue weighted by Crippen LogP contribution is -2.32. The second kappa shape index (κ2) is 7.14. The van der Waals surface area contributed by atoms with Crippen molar-refractivity contribution in [1.29, 1.82) is 0 Å². The SMILES string of the molecule is O=C(NCCn1nc(-c2ccco2)n(C2CC2)c1=O)c1ccc([N+](=O)[O-])cc1. The quantitative estimate of drug-likeness (QED) is 0.491. The van der Waals surface area contributed by atoms with Crippen molar-refractivity contribution in [3.05, 3.63) is 68.8 Å². The van der Waals surface area contributed by atoms with Gasteiger partial charge in [0, 0.05) is 30.3 Å². The molecule has 10 heteroatoms. The minimum Gasteiger partial charge on any atom is -0.461 e. The molecule has 10 nitrogen and oxygen atoms in total. The molecule has 0 aliphatic heterocycles. The summed E-state index contributed by atoms with van der Waals surface area (Å²) in [5.41, 5.74) is -0.0182. The molecule has 0 bridgehead atoms. The zero-order valence-corrected chi connectivity index (χ0v) is 14.8. The van der Waals surface area contributed by atoms with Gasteiger partial charge < -0.3 is 9.73 Å². The van der Waals surface area contributed by atoms with Crippen LogP contribution in [0.25, 0.3) is 11.6 Å². The van der Waals surface area contributed by atoms with Crippen molar-refractivity contribution >= 4 is 11.6 Å². The van der Waals surface area contributed by atoms with E-state index in [2.05, 4.69) is 10.4 Å². The monoisotopic (exact) mass is 383 g/mol. The smallest absolute Gasteiger partial charge is 0.346 e. The lowest BCUT2D eigenvalue weighted by Gasteiger charge is -2.04. The number of hydrogen-bond acceptors (Lipinski definition) is 6. The molecule has 0 spiro atoms. The van der Waals surface area contributed by atoms with Crippen LogP contribution in [0.1, 0.15) is 29.2 Å². The highest BCUT2D eigenvalue weighted by Gasteiger charge is 2.31. The van der Waals surface area contributed by atoms with Crippen molar-refractivity contribution < 1.29 is 14.1 Å². The first kappa shape index (κ1) is 17.7. The van der Waals surface area contributed by atoms with Crippen molar-refractivity contribution in [2.24, 2.45) is 0 Å². The summed E-state index contributed by atoms with van der Waals surface area (Å²) in [4.78, 5) is 35.0. The molecule has 1 saturated carbocycles. The van der Waals surface area contributed by atoms with Crippen LogP contribution in [0.3, 0.4) is 0 Å². The molecule has 1 fully saturated rings. The van der Waals surface area contributed by atoms with Crippen molar-refractivity contribution in [3.8, 4) is 11.6 Å². The number of nitrogens with zero attached hydrogens (tertiary/aromatic N) is 4. The Hall–Kier alpha value is -3.69. The fourth-order valence-electron chi connectivity index (χ4n) is 2.91. The first-order valence-corrected chi connectivity index (χ1v) is 8.80. The molecule has 0 saturated heterocycles. The van der Waals surface area contributed by atoms with E-state index < -0.39 is 4.92 Å². The molecule has 4 rings (SSSR count). The number of benzene rings is 1. The van der Waals surface area contributed by atoms with Gasteiger partial charge in [-0.25, -0.2) is 9.48 Å². The number of rotatable bonds is 7. The molecule has 1 aromatic carbocycles. The fraction of sp³-hybridized carbons (Fsp3) is 0.278. The Balaban J connectivity index is 1.44. The third kappa shape index (κ3) is 3.43. The van der Waals surface area contributed by atoms with Gasteiger partial charge in [0.1, 0.15) is 0 Å². The number of amides is 1. The van der Waals surface area contributed by atoms with Crippen molar-refractivity contribution in [1.82, 2.24) is 19.7 Å². The maximum absolute atomic E-state index is 12.7. The highest BCUT2D eigenvalue weighted by molar-refractivity contribution is 5.94. The summed E-state index contributed by atoms with van der Waals surface area (Å²) < 4.78 is 8.33. The van der Waals surface area contributed by atoms with Crippen LogP contribution in [0.5, 0.6) is 0 Å². The summed E-state index contributed by atoms with van der Waals surface area (Å²) in [6.07, 6.45) is 3.38. The van der Waals surface area contributed by atoms with Crippen molar-refractivity contribution in [2.45, 2.75) is 25.4 Å². The molecule has 0 unspecified atom stereocenters. The van der Waals surface area contributed by atoms with Crippen LogP contribution in [0, 0.1) is 10.1 Å². The van der Waals surface area contributed by atoms with Gasteiger partial charge in [-0.05, 0) is 37.1 Å². The van der Waals surface area contributed by atoms with E-state index in [1.54, 1.807) is 16.7 Å². The molecule has 1 aliphatic carbocycles. The van der Waals surface area contributed by atoms with Gasteiger partial charge in [-0.15, -0.1) is 5.10 Å². The zero-order chi connectivity index (χ0) is 19.7. The summed E-state index contributed by atoms with van der Waals surface area (Å²) in [6, 6.07) is 8.93. The largest absolute Gasteiger partial charge is 0.461 e. The van der Waals surface area contributed by atoms with Gasteiger partial charge in [0.25, 0.3) is 11.6 Å². The molecule has 1 amide bonds. The molecule has 2 heterocycles. The van der Waals surface area contributed by atoms with E-state index in [-0.39, 0.29) is 36.4 Å². The third-order valence-electron chi connectivity index (χ3n) is 4.47. The topological polar surface area (TPSA) is 125 Å². The molecular formula is C18H17N5O5. The van der Waals surface area contributed by atoms with E-state index in [9.17, 15) is 19.7 Å². The van der Waals surface area contributed by atoms with Gasteiger partial charge in [-0.2, -0.15) is 0 Å². The summed E-state index contributed by atoms with van der Waals surface area (Å²) >= 11 is 0. The Morgan fingerprint density at radius 1 is 1.29 bits per heavy atom. The minimum absolute atomic E-state index is 0.0841. The van der Waals surface area contributed by atoms with Crippen LogP contribution in [0.2, 0.25) is 0 Å². The molecule has 1 N–H and O–H groups in total. The number of non-ortho nitro benzene ring substituents is 1. The lowest BCUT2D eigenvalue weighted by atomic mass is 10.2. The van der Waals surface area contributed by atoms with Crippen LogP contribution in [0.15, 0.2) is 51.9 Å². The van der Waals surface area contributed by atoms with Crippen molar-refractivity contribution in [3.63, 3.8) is 0 Å². The van der Waals surface area contributed by atoms with Crippen molar-refractivity contribution in [2.75, 3.05) is 6.54 Å². The number of hydrogen-bond donors (Lipinski definition) is 1. The van der Waals surface area contributed by atoms with Crippen LogP contribution >= 0.6 is 0 Å². The molecule has 1 aliphatic rings. The number of aromatic nitrogens is 3. The predicted molar refractivity (Wildman–Crippen MR) is 97.9 cm³/mol. The van der Waals surface area contributed by atoms with E-state index in [0.29, 0.717) is 17.1 Å². The van der Waals surface area contributed by atoms with Gasteiger partial charge in [-0.1, -0.05) is 0 Å². The highest BCUT2D eigenvalue weighted by Crippen LogP contribution is 2.36. The Morgan fingerprint density at radius 2 is 2.04 bits per heavy atom. The standard InChI is InChI=1S/C18H17N5O5/c24-17(12-3-5-14(6-4-12)23(26)27)19-9-10-21-18(25)22(13-7-8-13)16(20-21)15-2-1-11-28-15/h1-6,11,13H,7-10H2,(H,19,24). The Morgan fingerprint density at radius 3 is 2.64 bits per heavy atom. The summed E-state index contributed by atoms with van der Waals surface area (Å²) in [5, 5.41) is 17.7. The number of furan rings is 1. The predicted octanol–water partition coefficient (Wildman–Crippen LogP) is 1.98. The molecule has 28 heavy (non-hydrogen) atoms. The maximum atomic E-state index is 12.7. The lowest BCUT2D eigenvalue weighted by molar-refractivity contribution is -0.384. The second-order valence-corrected chi connectivity index (χ2v) is 6.47. The highest BCUT2D eigenvalue weighted by atomic mass is 16.6. The van der Waals surface area contributed by atoms with Crippen LogP contribution < -0.4 is 11.0 Å². The number of nitro benzene ring substituents is 1.